The molecule has 0 spiro atoms. The van der Waals surface area contributed by atoms with E-state index in [2.05, 4.69) is 4.98 Å². The van der Waals surface area contributed by atoms with E-state index >= 15 is 0 Å². The number of nitrogens with zero attached hydrogens (tertiary/aromatic N) is 1. The number of rotatable bonds is 3. The minimum absolute atomic E-state index is 0.121. The van der Waals surface area contributed by atoms with Gasteiger partial charge in [0.15, 0.2) is 17.5 Å². The second-order valence-electron chi connectivity index (χ2n) is 3.92. The Morgan fingerprint density at radius 1 is 1.22 bits per heavy atom. The standard InChI is InChI=1S/C13H12F2N2S/c1-8-3-2-4-9(5-8)7-18-13-11(15)6-10(14)12(16)17-13/h2-6H,7H2,1H3,(H2,16,17). The van der Waals surface area contributed by atoms with Gasteiger partial charge in [0.25, 0.3) is 0 Å². The van der Waals surface area contributed by atoms with E-state index in [-0.39, 0.29) is 10.8 Å². The fraction of sp³-hybridized carbons (Fsp3) is 0.154. The molecule has 1 aromatic carbocycles. The van der Waals surface area contributed by atoms with Crippen molar-refractivity contribution in [1.29, 1.82) is 0 Å². The molecular formula is C13H12F2N2S. The molecule has 2 aromatic rings. The zero-order valence-corrected chi connectivity index (χ0v) is 10.6. The fourth-order valence-electron chi connectivity index (χ4n) is 1.52. The summed E-state index contributed by atoms with van der Waals surface area (Å²) in [6, 6.07) is 8.65. The molecule has 0 aliphatic carbocycles. The quantitative estimate of drug-likeness (QED) is 0.864. The van der Waals surface area contributed by atoms with Crippen molar-refractivity contribution in [3.8, 4) is 0 Å². The van der Waals surface area contributed by atoms with Crippen LogP contribution in [0.1, 0.15) is 11.1 Å². The van der Waals surface area contributed by atoms with Crippen molar-refractivity contribution >= 4 is 17.6 Å². The van der Waals surface area contributed by atoms with Crippen LogP contribution in [0, 0.1) is 18.6 Å². The first-order valence-corrected chi connectivity index (χ1v) is 6.34. The Balaban J connectivity index is 2.13. The second kappa shape index (κ2) is 5.35. The number of hydrogen-bond acceptors (Lipinski definition) is 3. The van der Waals surface area contributed by atoms with Gasteiger partial charge in [-0.1, -0.05) is 41.6 Å². The minimum atomic E-state index is -0.826. The highest BCUT2D eigenvalue weighted by Crippen LogP contribution is 2.25. The lowest BCUT2D eigenvalue weighted by Gasteiger charge is -2.05. The fourth-order valence-corrected chi connectivity index (χ4v) is 2.36. The smallest absolute Gasteiger partial charge is 0.168 e. The van der Waals surface area contributed by atoms with Crippen molar-refractivity contribution in [1.82, 2.24) is 4.98 Å². The SMILES string of the molecule is Cc1cccc(CSc2nc(N)c(F)cc2F)c1. The normalized spacial score (nSPS) is 10.6. The first-order valence-electron chi connectivity index (χ1n) is 5.36. The number of thioether (sulfide) groups is 1. The molecule has 1 heterocycles. The third kappa shape index (κ3) is 2.98. The summed E-state index contributed by atoms with van der Waals surface area (Å²) in [6.45, 7) is 1.99. The Bertz CT molecular complexity index is 573. The van der Waals surface area contributed by atoms with Gasteiger partial charge < -0.3 is 5.73 Å². The molecule has 0 aliphatic rings. The van der Waals surface area contributed by atoms with Crippen molar-refractivity contribution in [3.63, 3.8) is 0 Å². The van der Waals surface area contributed by atoms with E-state index in [9.17, 15) is 8.78 Å². The predicted octanol–water partition coefficient (Wildman–Crippen LogP) is 3.54. The van der Waals surface area contributed by atoms with Crippen molar-refractivity contribution < 1.29 is 8.78 Å². The summed E-state index contributed by atoms with van der Waals surface area (Å²) in [6.07, 6.45) is 0. The van der Waals surface area contributed by atoms with Crippen LogP contribution in [-0.4, -0.2) is 4.98 Å². The third-order valence-electron chi connectivity index (χ3n) is 2.38. The lowest BCUT2D eigenvalue weighted by atomic mass is 10.2. The Kier molecular flexibility index (Phi) is 3.81. The van der Waals surface area contributed by atoms with Crippen LogP contribution in [0.15, 0.2) is 35.4 Å². The zero-order valence-electron chi connectivity index (χ0n) is 9.78. The largest absolute Gasteiger partial charge is 0.381 e. The summed E-state index contributed by atoms with van der Waals surface area (Å²) in [7, 11) is 0. The number of halogens is 2. The average molecular weight is 266 g/mol. The summed E-state index contributed by atoms with van der Waals surface area (Å²) < 4.78 is 26.4. The summed E-state index contributed by atoms with van der Waals surface area (Å²) >= 11 is 1.20. The van der Waals surface area contributed by atoms with Gasteiger partial charge >= 0.3 is 0 Å². The maximum absolute atomic E-state index is 13.4. The molecule has 5 heteroatoms. The molecule has 0 unspecified atom stereocenters. The van der Waals surface area contributed by atoms with E-state index in [4.69, 9.17) is 5.73 Å². The van der Waals surface area contributed by atoms with E-state index in [1.807, 2.05) is 31.2 Å². The molecule has 18 heavy (non-hydrogen) atoms. The van der Waals surface area contributed by atoms with Crippen molar-refractivity contribution in [2.24, 2.45) is 0 Å². The maximum Gasteiger partial charge on any atom is 0.168 e. The third-order valence-corrected chi connectivity index (χ3v) is 3.42. The molecule has 0 saturated carbocycles. The van der Waals surface area contributed by atoms with Gasteiger partial charge in [0.2, 0.25) is 0 Å². The predicted molar refractivity (Wildman–Crippen MR) is 69.3 cm³/mol. The second-order valence-corrected chi connectivity index (χ2v) is 4.88. The molecule has 0 saturated heterocycles. The molecule has 2 nitrogen and oxygen atoms in total. The number of nitrogens with two attached hydrogens (primary N) is 1. The molecule has 0 fully saturated rings. The Labute approximate surface area is 108 Å². The summed E-state index contributed by atoms with van der Waals surface area (Å²) in [4.78, 5) is 3.70. The van der Waals surface area contributed by atoms with Gasteiger partial charge in [0, 0.05) is 11.8 Å². The molecule has 0 bridgehead atoms. The van der Waals surface area contributed by atoms with E-state index < -0.39 is 11.6 Å². The van der Waals surface area contributed by atoms with Crippen LogP contribution in [0.25, 0.3) is 0 Å². The van der Waals surface area contributed by atoms with Gasteiger partial charge in [0.1, 0.15) is 5.03 Å². The lowest BCUT2D eigenvalue weighted by Crippen LogP contribution is -1.99. The summed E-state index contributed by atoms with van der Waals surface area (Å²) in [5, 5.41) is 0.121. The van der Waals surface area contributed by atoms with Gasteiger partial charge in [-0.15, -0.1) is 0 Å². The highest BCUT2D eigenvalue weighted by molar-refractivity contribution is 7.98. The van der Waals surface area contributed by atoms with Crippen LogP contribution in [0.4, 0.5) is 14.6 Å². The maximum atomic E-state index is 13.4. The summed E-state index contributed by atoms with van der Waals surface area (Å²) in [5.74, 6) is -1.22. The molecule has 0 aliphatic heterocycles. The monoisotopic (exact) mass is 266 g/mol. The van der Waals surface area contributed by atoms with Gasteiger partial charge in [-0.25, -0.2) is 13.8 Å². The zero-order chi connectivity index (χ0) is 13.1. The van der Waals surface area contributed by atoms with Crippen molar-refractivity contribution in [2.75, 3.05) is 5.73 Å². The highest BCUT2D eigenvalue weighted by Gasteiger charge is 2.10. The molecule has 0 radical (unpaired) electrons. The van der Waals surface area contributed by atoms with Crippen LogP contribution >= 0.6 is 11.8 Å². The highest BCUT2D eigenvalue weighted by atomic mass is 32.2. The molecule has 94 valence electrons. The van der Waals surface area contributed by atoms with Crippen LogP contribution in [0.3, 0.4) is 0 Å². The molecule has 2 rings (SSSR count). The minimum Gasteiger partial charge on any atom is -0.381 e. The molecule has 1 aromatic heterocycles. The number of nitrogen functional groups attached to an aromatic ring is 1. The van der Waals surface area contributed by atoms with Gasteiger partial charge in [-0.2, -0.15) is 0 Å². The number of hydrogen-bond donors (Lipinski definition) is 1. The molecular weight excluding hydrogens is 254 g/mol. The van der Waals surface area contributed by atoms with Gasteiger partial charge in [-0.05, 0) is 12.5 Å². The van der Waals surface area contributed by atoms with Crippen LogP contribution in [0.5, 0.6) is 0 Å². The van der Waals surface area contributed by atoms with Gasteiger partial charge in [0.05, 0.1) is 0 Å². The Morgan fingerprint density at radius 3 is 2.72 bits per heavy atom. The molecule has 2 N–H and O–H groups in total. The Hall–Kier alpha value is -1.62. The lowest BCUT2D eigenvalue weighted by molar-refractivity contribution is 0.552. The van der Waals surface area contributed by atoms with E-state index in [0.29, 0.717) is 5.75 Å². The molecule has 0 atom stereocenters. The van der Waals surface area contributed by atoms with Crippen LogP contribution in [0.2, 0.25) is 0 Å². The topological polar surface area (TPSA) is 38.9 Å². The Morgan fingerprint density at radius 2 is 2.00 bits per heavy atom. The average Bonchev–Trinajstić information content (AvgIpc) is 2.32. The van der Waals surface area contributed by atoms with E-state index in [1.165, 1.54) is 11.8 Å². The number of anilines is 1. The number of benzene rings is 1. The van der Waals surface area contributed by atoms with Crippen LogP contribution in [-0.2, 0) is 5.75 Å². The van der Waals surface area contributed by atoms with E-state index in [0.717, 1.165) is 17.2 Å². The van der Waals surface area contributed by atoms with Gasteiger partial charge in [-0.3, -0.25) is 0 Å². The first kappa shape index (κ1) is 12.8. The van der Waals surface area contributed by atoms with Crippen molar-refractivity contribution in [3.05, 3.63) is 53.1 Å². The first-order chi connectivity index (χ1) is 8.56. The van der Waals surface area contributed by atoms with E-state index in [1.54, 1.807) is 0 Å². The number of aromatic nitrogens is 1. The van der Waals surface area contributed by atoms with Crippen LogP contribution < -0.4 is 5.73 Å². The number of aryl methyl sites for hydroxylation is 1. The molecule has 0 amide bonds. The number of pyridine rings is 1. The summed E-state index contributed by atoms with van der Waals surface area (Å²) in [5.41, 5.74) is 7.51. The van der Waals surface area contributed by atoms with Crippen molar-refractivity contribution in [2.45, 2.75) is 17.7 Å².